The van der Waals surface area contributed by atoms with Crippen LogP contribution < -0.4 is 38.2 Å². The zero-order valence-electron chi connectivity index (χ0n) is 25.5. The third kappa shape index (κ3) is 7.80. The summed E-state index contributed by atoms with van der Waals surface area (Å²) in [4.78, 5) is 42.1. The molecule has 48 heavy (non-hydrogen) atoms. The van der Waals surface area contributed by atoms with Gasteiger partial charge in [-0.05, 0) is 42.0 Å². The Morgan fingerprint density at radius 1 is 0.812 bits per heavy atom. The minimum atomic E-state index is -2.43. The second-order valence-corrected chi connectivity index (χ2v) is 18.3. The first-order chi connectivity index (χ1) is 22.7. The first-order valence-electron chi connectivity index (χ1n) is 15.0. The van der Waals surface area contributed by atoms with Gasteiger partial charge in [-0.1, -0.05) is 120 Å². The lowest BCUT2D eigenvalue weighted by molar-refractivity contribution is -0.152. The van der Waals surface area contributed by atoms with Gasteiger partial charge in [-0.2, -0.15) is 0 Å². The number of amides is 2. The Morgan fingerprint density at radius 3 is 1.77 bits per heavy atom. The molecule has 0 spiro atoms. The van der Waals surface area contributed by atoms with Gasteiger partial charge in [-0.3, -0.25) is 14.5 Å². The number of rotatable bonds is 10. The molecule has 0 unspecified atom stereocenters. The van der Waals surface area contributed by atoms with Crippen LogP contribution in [0.2, 0.25) is 0 Å². The Balaban J connectivity index is 0.00000451. The molecule has 0 bridgehead atoms. The number of carbonyl (C=O) groups excluding carboxylic acids is 3. The van der Waals surface area contributed by atoms with E-state index >= 15 is 0 Å². The first-order valence-corrected chi connectivity index (χ1v) is 19.1. The van der Waals surface area contributed by atoms with Crippen molar-refractivity contribution in [2.24, 2.45) is 0 Å². The number of nitrogens with zero attached hydrogens (tertiary/aromatic N) is 1. The first kappa shape index (κ1) is 36.4. The molecule has 0 aliphatic carbocycles. The molecule has 4 aromatic carbocycles. The Hall–Kier alpha value is -2.84. The highest BCUT2D eigenvalue weighted by atomic mass is 79.9. The van der Waals surface area contributed by atoms with Crippen LogP contribution in [0.5, 0.6) is 0 Å². The van der Waals surface area contributed by atoms with Crippen LogP contribution in [0, 0.1) is 0 Å². The van der Waals surface area contributed by atoms with E-state index in [1.54, 1.807) is 0 Å². The van der Waals surface area contributed by atoms with Gasteiger partial charge in [0.05, 0.1) is 12.6 Å². The largest absolute Gasteiger partial charge is 1.00 e. The minimum Gasteiger partial charge on any atom is -1.00 e. The number of hydrogen-bond acceptors (Lipinski definition) is 5. The average molecular weight is 805 g/mol. The van der Waals surface area contributed by atoms with Crippen molar-refractivity contribution in [1.82, 2.24) is 10.2 Å². The van der Waals surface area contributed by atoms with Crippen LogP contribution in [0.25, 0.3) is 0 Å². The lowest BCUT2D eigenvalue weighted by atomic mass is 10.0. The summed E-state index contributed by atoms with van der Waals surface area (Å²) in [5.41, 5.74) is 1.74. The molecule has 0 aromatic heterocycles. The van der Waals surface area contributed by atoms with E-state index in [-0.39, 0.29) is 40.9 Å². The summed E-state index contributed by atoms with van der Waals surface area (Å²) in [5.74, 6) is -0.963. The molecule has 1 saturated heterocycles. The van der Waals surface area contributed by atoms with Crippen molar-refractivity contribution in [3.63, 3.8) is 0 Å². The summed E-state index contributed by atoms with van der Waals surface area (Å²) in [6.07, 6.45) is 0.608. The molecule has 1 N–H and O–H groups in total. The van der Waals surface area contributed by atoms with E-state index in [9.17, 15) is 14.4 Å². The third-order valence-electron chi connectivity index (χ3n) is 8.15. The fraction of sp³-hybridized carbons (Fsp3) is 0.194. The number of ether oxygens (including phenoxy) is 1. The van der Waals surface area contributed by atoms with Crippen LogP contribution in [-0.4, -0.2) is 56.4 Å². The number of benzene rings is 4. The second-order valence-electron chi connectivity index (χ2n) is 11.2. The smallest absolute Gasteiger partial charge is 0.355 e. The lowest BCUT2D eigenvalue weighted by Crippen LogP contribution is -3.00. The average Bonchev–Trinajstić information content (AvgIpc) is 3.09. The van der Waals surface area contributed by atoms with Crippen LogP contribution in [0.15, 0.2) is 133 Å². The van der Waals surface area contributed by atoms with E-state index in [0.717, 1.165) is 27.1 Å². The number of thioether (sulfide) groups is 1. The van der Waals surface area contributed by atoms with E-state index in [1.807, 2.05) is 84.9 Å². The Kier molecular flexibility index (Phi) is 12.0. The number of nitrogens with one attached hydrogen (secondary N) is 1. The highest BCUT2D eigenvalue weighted by Crippen LogP contribution is 2.58. The number of hydrogen-bond donors (Lipinski definition) is 1. The summed E-state index contributed by atoms with van der Waals surface area (Å²) >= 11 is 19.4. The topological polar surface area (TPSA) is 75.7 Å². The third-order valence-corrected chi connectivity index (χ3v) is 14.2. The zero-order chi connectivity index (χ0) is 33.0. The fourth-order valence-electron chi connectivity index (χ4n) is 6.07. The van der Waals surface area contributed by atoms with Crippen LogP contribution in [0.3, 0.4) is 0 Å². The van der Waals surface area contributed by atoms with Gasteiger partial charge in [-0.15, -0.1) is 11.8 Å². The molecule has 248 valence electrons. The summed E-state index contributed by atoms with van der Waals surface area (Å²) in [6.45, 7) is -0.485. The van der Waals surface area contributed by atoms with Gasteiger partial charge in [0, 0.05) is 11.3 Å². The van der Waals surface area contributed by atoms with E-state index in [1.165, 1.54) is 16.7 Å². The number of carbonyl (C=O) groups is 3. The van der Waals surface area contributed by atoms with Crippen molar-refractivity contribution < 1.29 is 36.1 Å². The highest BCUT2D eigenvalue weighted by molar-refractivity contribution is 8.00. The van der Waals surface area contributed by atoms with Crippen molar-refractivity contribution >= 4 is 87.5 Å². The molecule has 6 nitrogen and oxygen atoms in total. The van der Waals surface area contributed by atoms with Crippen molar-refractivity contribution in [3.05, 3.63) is 138 Å². The molecule has 2 atom stereocenters. The highest BCUT2D eigenvalue weighted by Gasteiger charge is 2.56. The predicted octanol–water partition coefficient (Wildman–Crippen LogP) is 2.79. The molecular weight excluding hydrogens is 774 g/mol. The van der Waals surface area contributed by atoms with Crippen molar-refractivity contribution in [3.8, 4) is 0 Å². The number of esters is 1. The summed E-state index contributed by atoms with van der Waals surface area (Å²) in [6, 6.07) is 39.4. The molecule has 2 heterocycles. The van der Waals surface area contributed by atoms with Crippen LogP contribution in [0.4, 0.5) is 0 Å². The molecule has 2 aliphatic rings. The van der Waals surface area contributed by atoms with Gasteiger partial charge in [0.1, 0.15) is 46.9 Å². The quantitative estimate of drug-likeness (QED) is 0.116. The van der Waals surface area contributed by atoms with E-state index in [4.69, 9.17) is 39.5 Å². The summed E-state index contributed by atoms with van der Waals surface area (Å²) in [5, 5.41) is 5.80. The van der Waals surface area contributed by atoms with Gasteiger partial charge >= 0.3 is 5.97 Å². The number of β-lactam (4-membered cyclic amide) rings is 1. The molecule has 2 aliphatic heterocycles. The van der Waals surface area contributed by atoms with Gasteiger partial charge in [0.2, 0.25) is 9.70 Å². The van der Waals surface area contributed by atoms with Crippen molar-refractivity contribution in [1.29, 1.82) is 0 Å². The molecule has 2 amide bonds. The predicted molar refractivity (Wildman–Crippen MR) is 193 cm³/mol. The van der Waals surface area contributed by atoms with Gasteiger partial charge in [-0.25, -0.2) is 4.79 Å². The SMILES string of the molecule is O=C(Cc1ccccc1)N[C@@H]1C(=O)N2C(C(=O)OCC(Cl)(Cl)Cl)=C(C[P+](c3ccccc3)(c3ccccc3)c3ccccc3)CS[C@H]12.[Br-]. The second kappa shape index (κ2) is 15.8. The molecular formula is C36H31BrCl3N2O4PS. The van der Waals surface area contributed by atoms with Gasteiger partial charge < -0.3 is 27.0 Å². The Bertz CT molecular complexity index is 1680. The van der Waals surface area contributed by atoms with Crippen LogP contribution in [0.1, 0.15) is 5.56 Å². The number of halogens is 4. The van der Waals surface area contributed by atoms with E-state index < -0.39 is 35.0 Å². The van der Waals surface area contributed by atoms with Gasteiger partial charge in [0.25, 0.3) is 5.91 Å². The molecule has 4 aromatic rings. The maximum Gasteiger partial charge on any atom is 0.355 e. The van der Waals surface area contributed by atoms with Crippen molar-refractivity contribution in [2.45, 2.75) is 21.6 Å². The van der Waals surface area contributed by atoms with Crippen LogP contribution >= 0.6 is 53.8 Å². The zero-order valence-corrected chi connectivity index (χ0v) is 31.0. The van der Waals surface area contributed by atoms with Gasteiger partial charge in [0.15, 0.2) is 0 Å². The molecule has 6 rings (SSSR count). The molecule has 1 fully saturated rings. The normalized spacial score (nSPS) is 17.5. The van der Waals surface area contributed by atoms with Crippen molar-refractivity contribution in [2.75, 3.05) is 18.5 Å². The lowest BCUT2D eigenvalue weighted by Gasteiger charge is -2.50. The monoisotopic (exact) mass is 802 g/mol. The number of fused-ring (bicyclic) bond motifs is 1. The maximum atomic E-state index is 13.9. The molecule has 0 radical (unpaired) electrons. The molecule has 12 heteroatoms. The Labute approximate surface area is 310 Å². The molecule has 0 saturated carbocycles. The standard InChI is InChI=1S/C36H30Cl3N2O4PS.BrH/c37-36(38,39)24-45-35(44)32-26(23-47-34-31(33(43)41(32)34)40-30(42)21-25-13-5-1-6-14-25)22-46(27-15-7-2-8-16-27,28-17-9-3-10-18-28)29-19-11-4-12-20-29;/h1-20,31,34H,21-24H2;1H/t31-,34-;/m1./s1. The van der Waals surface area contributed by atoms with E-state index in [2.05, 4.69) is 41.7 Å². The Morgan fingerprint density at radius 2 is 1.29 bits per heavy atom. The summed E-state index contributed by atoms with van der Waals surface area (Å²) in [7, 11) is -2.43. The number of alkyl halides is 3. The van der Waals surface area contributed by atoms with E-state index in [0.29, 0.717) is 11.9 Å². The fourth-order valence-corrected chi connectivity index (χ4v) is 12.1. The summed E-state index contributed by atoms with van der Waals surface area (Å²) < 4.78 is 3.70. The maximum absolute atomic E-state index is 13.9. The van der Waals surface area contributed by atoms with Crippen LogP contribution in [-0.2, 0) is 25.5 Å². The minimum absolute atomic E-state index is 0.